The zero-order valence-electron chi connectivity index (χ0n) is 18.7. The molecule has 6 nitrogen and oxygen atoms in total. The highest BCUT2D eigenvalue weighted by Crippen LogP contribution is 2.48. The summed E-state index contributed by atoms with van der Waals surface area (Å²) in [7, 11) is 0.608. The molecule has 0 bridgehead atoms. The van der Waals surface area contributed by atoms with Gasteiger partial charge in [0.1, 0.15) is 11.4 Å². The number of fused-ring (bicyclic) bond motifs is 3. The van der Waals surface area contributed by atoms with Gasteiger partial charge in [0.2, 0.25) is 0 Å². The van der Waals surface area contributed by atoms with Crippen LogP contribution in [0.3, 0.4) is 0 Å². The number of hydrogen-bond donors (Lipinski definition) is 1. The molecule has 1 N–H and O–H groups in total. The van der Waals surface area contributed by atoms with Crippen molar-refractivity contribution >= 4 is 22.6 Å². The number of carbonyl (C=O) groups excluding carboxylic acids is 1. The van der Waals surface area contributed by atoms with Gasteiger partial charge < -0.3 is 14.8 Å². The Labute approximate surface area is 186 Å². The summed E-state index contributed by atoms with van der Waals surface area (Å²) in [5.41, 5.74) is 2.69. The molecule has 0 radical (unpaired) electrons. The van der Waals surface area contributed by atoms with Crippen molar-refractivity contribution in [3.63, 3.8) is 0 Å². The van der Waals surface area contributed by atoms with Crippen LogP contribution in [0.4, 0.5) is 10.5 Å². The summed E-state index contributed by atoms with van der Waals surface area (Å²) < 4.78 is 23.1. The number of likely N-dealkylation sites (tertiary alicyclic amines) is 1. The maximum atomic E-state index is 13.1. The van der Waals surface area contributed by atoms with E-state index in [1.165, 1.54) is 5.56 Å². The molecule has 0 spiro atoms. The lowest BCUT2D eigenvalue weighted by atomic mass is 9.81. The van der Waals surface area contributed by atoms with Crippen LogP contribution < -0.4 is 10.1 Å². The summed E-state index contributed by atoms with van der Waals surface area (Å²) in [5.74, 6) is 1.00. The van der Waals surface area contributed by atoms with E-state index in [0.29, 0.717) is 6.54 Å². The van der Waals surface area contributed by atoms with Gasteiger partial charge in [-0.15, -0.1) is 0 Å². The number of hydrogen-bond acceptors (Lipinski definition) is 5. The lowest BCUT2D eigenvalue weighted by Gasteiger charge is -2.43. The van der Waals surface area contributed by atoms with Gasteiger partial charge in [-0.3, -0.25) is 9.11 Å². The number of carbonyl (C=O) groups is 1. The Morgan fingerprint density at radius 1 is 1.16 bits per heavy atom. The Balaban J connectivity index is 1.72. The molecular formula is C24H30N2O4S. The van der Waals surface area contributed by atoms with Crippen LogP contribution in [0.15, 0.2) is 47.4 Å². The molecule has 2 aromatic carbocycles. The van der Waals surface area contributed by atoms with E-state index in [9.17, 15) is 9.00 Å². The highest BCUT2D eigenvalue weighted by Gasteiger charge is 2.46. The quantitative estimate of drug-likeness (QED) is 0.747. The van der Waals surface area contributed by atoms with Crippen LogP contribution in [0.1, 0.15) is 50.3 Å². The summed E-state index contributed by atoms with van der Waals surface area (Å²) in [4.78, 5) is 15.8. The molecular weight excluding hydrogens is 412 g/mol. The number of anilines is 1. The Kier molecular flexibility index (Phi) is 5.73. The number of piperidine rings is 1. The molecule has 1 fully saturated rings. The number of rotatable bonds is 3. The van der Waals surface area contributed by atoms with Gasteiger partial charge in [-0.1, -0.05) is 12.1 Å². The molecule has 0 aromatic heterocycles. The maximum absolute atomic E-state index is 13.1. The summed E-state index contributed by atoms with van der Waals surface area (Å²) in [6, 6.07) is 13.7. The van der Waals surface area contributed by atoms with E-state index in [1.54, 1.807) is 13.4 Å². The van der Waals surface area contributed by atoms with Crippen LogP contribution in [0.5, 0.6) is 5.75 Å². The van der Waals surface area contributed by atoms with Crippen molar-refractivity contribution < 1.29 is 18.5 Å². The molecule has 1 saturated heterocycles. The minimum atomic E-state index is -1.03. The SMILES string of the molecule is COc1ccc(C2C3Nc4ccc(S(C)=O)cc4C3CCN2C(=O)OC(C)(C)C)cc1. The molecule has 2 aliphatic rings. The van der Waals surface area contributed by atoms with Crippen LogP contribution in [-0.2, 0) is 15.5 Å². The van der Waals surface area contributed by atoms with E-state index in [-0.39, 0.29) is 24.1 Å². The van der Waals surface area contributed by atoms with Gasteiger partial charge in [0.25, 0.3) is 0 Å². The van der Waals surface area contributed by atoms with Crippen LogP contribution in [0.2, 0.25) is 0 Å². The second-order valence-corrected chi connectivity index (χ2v) is 10.5. The van der Waals surface area contributed by atoms with Crippen LogP contribution in [-0.4, -0.2) is 46.8 Å². The zero-order chi connectivity index (χ0) is 22.3. The molecule has 2 heterocycles. The first-order valence-electron chi connectivity index (χ1n) is 10.6. The van der Waals surface area contributed by atoms with Gasteiger partial charge in [0.15, 0.2) is 0 Å². The largest absolute Gasteiger partial charge is 0.497 e. The van der Waals surface area contributed by atoms with E-state index in [4.69, 9.17) is 9.47 Å². The van der Waals surface area contributed by atoms with Crippen LogP contribution >= 0.6 is 0 Å². The molecule has 166 valence electrons. The number of methoxy groups -OCH3 is 1. The number of amides is 1. The van der Waals surface area contributed by atoms with Crippen molar-refractivity contribution in [1.29, 1.82) is 0 Å². The summed E-state index contributed by atoms with van der Waals surface area (Å²) >= 11 is 0. The van der Waals surface area contributed by atoms with Crippen molar-refractivity contribution in [3.05, 3.63) is 53.6 Å². The van der Waals surface area contributed by atoms with Gasteiger partial charge in [-0.25, -0.2) is 4.79 Å². The first kappa shape index (κ1) is 21.7. The molecule has 1 amide bonds. The molecule has 2 aromatic rings. The number of nitrogens with zero attached hydrogens (tertiary/aromatic N) is 1. The van der Waals surface area contributed by atoms with Gasteiger partial charge in [-0.05, 0) is 68.7 Å². The third kappa shape index (κ3) is 4.28. The Hall–Kier alpha value is -2.54. The molecule has 31 heavy (non-hydrogen) atoms. The molecule has 7 heteroatoms. The lowest BCUT2D eigenvalue weighted by Crippen LogP contribution is -2.50. The summed E-state index contributed by atoms with van der Waals surface area (Å²) in [6.07, 6.45) is 2.21. The van der Waals surface area contributed by atoms with Crippen molar-refractivity contribution in [1.82, 2.24) is 4.90 Å². The Morgan fingerprint density at radius 3 is 2.48 bits per heavy atom. The first-order chi connectivity index (χ1) is 14.7. The van der Waals surface area contributed by atoms with Crippen molar-refractivity contribution in [2.45, 2.75) is 55.7 Å². The van der Waals surface area contributed by atoms with Gasteiger partial charge >= 0.3 is 6.09 Å². The van der Waals surface area contributed by atoms with E-state index < -0.39 is 16.4 Å². The average molecular weight is 443 g/mol. The number of ether oxygens (including phenoxy) is 2. The van der Waals surface area contributed by atoms with Crippen LogP contribution in [0, 0.1) is 0 Å². The fraction of sp³-hybridized carbons (Fsp3) is 0.458. The second-order valence-electron chi connectivity index (χ2n) is 9.16. The van der Waals surface area contributed by atoms with E-state index >= 15 is 0 Å². The average Bonchev–Trinajstić information content (AvgIpc) is 3.09. The fourth-order valence-corrected chi connectivity index (χ4v) is 5.14. The molecule has 0 aliphatic carbocycles. The Morgan fingerprint density at radius 2 is 1.87 bits per heavy atom. The molecule has 2 aliphatic heterocycles. The van der Waals surface area contributed by atoms with E-state index in [1.807, 2.05) is 62.1 Å². The van der Waals surface area contributed by atoms with Gasteiger partial charge in [-0.2, -0.15) is 0 Å². The van der Waals surface area contributed by atoms with Crippen molar-refractivity contribution in [2.75, 3.05) is 25.2 Å². The monoisotopic (exact) mass is 442 g/mol. The maximum Gasteiger partial charge on any atom is 0.410 e. The third-order valence-electron chi connectivity index (χ3n) is 5.95. The Bertz CT molecular complexity index is 1000. The predicted molar refractivity (Wildman–Crippen MR) is 122 cm³/mol. The fourth-order valence-electron chi connectivity index (χ4n) is 4.59. The first-order valence-corrected chi connectivity index (χ1v) is 12.1. The minimum absolute atomic E-state index is 0.00482. The number of nitrogens with one attached hydrogen (secondary N) is 1. The summed E-state index contributed by atoms with van der Waals surface area (Å²) in [5, 5.41) is 3.65. The normalized spacial score (nSPS) is 23.4. The van der Waals surface area contributed by atoms with Crippen molar-refractivity contribution in [3.8, 4) is 5.75 Å². The zero-order valence-corrected chi connectivity index (χ0v) is 19.5. The second kappa shape index (κ2) is 8.19. The number of benzene rings is 2. The predicted octanol–water partition coefficient (Wildman–Crippen LogP) is 4.69. The molecule has 4 atom stereocenters. The standard InChI is InChI=1S/C24H30N2O4S/c1-24(2,3)30-23(27)26-13-12-18-19-14-17(31(5)28)10-11-20(19)25-21(18)22(26)15-6-8-16(29-4)9-7-15/h6-11,14,18,21-22,25H,12-13H2,1-5H3. The smallest absolute Gasteiger partial charge is 0.410 e. The highest BCUT2D eigenvalue weighted by atomic mass is 32.2. The van der Waals surface area contributed by atoms with E-state index in [0.717, 1.165) is 28.3 Å². The van der Waals surface area contributed by atoms with E-state index in [2.05, 4.69) is 11.4 Å². The summed E-state index contributed by atoms with van der Waals surface area (Å²) in [6.45, 7) is 6.25. The van der Waals surface area contributed by atoms with Crippen molar-refractivity contribution in [2.24, 2.45) is 0 Å². The topological polar surface area (TPSA) is 67.9 Å². The van der Waals surface area contributed by atoms with Gasteiger partial charge in [0, 0.05) is 40.1 Å². The highest BCUT2D eigenvalue weighted by molar-refractivity contribution is 7.84. The molecule has 0 saturated carbocycles. The van der Waals surface area contributed by atoms with Crippen LogP contribution in [0.25, 0.3) is 0 Å². The molecule has 4 rings (SSSR count). The lowest BCUT2D eigenvalue weighted by molar-refractivity contribution is 0.00614. The third-order valence-corrected chi connectivity index (χ3v) is 6.87. The minimum Gasteiger partial charge on any atom is -0.497 e. The molecule has 4 unspecified atom stereocenters. The van der Waals surface area contributed by atoms with Gasteiger partial charge in [0.05, 0.1) is 19.2 Å².